The first-order valence-corrected chi connectivity index (χ1v) is 8.54. The number of rotatable bonds is 5. The number of nitriles is 1. The molecule has 0 fully saturated rings. The number of allylic oxidation sites excluding steroid dienone is 5. The SMILES string of the molecule is C=C(/C=C(C#N)\C(=C/C)c1ccc(C(C)(C)C)cc1)n1cc(C(=O)O)cn1. The van der Waals surface area contributed by atoms with E-state index in [0.717, 1.165) is 11.1 Å². The first-order chi connectivity index (χ1) is 12.7. The highest BCUT2D eigenvalue weighted by atomic mass is 16.4. The average molecular weight is 361 g/mol. The molecule has 0 aliphatic carbocycles. The molecule has 5 nitrogen and oxygen atoms in total. The van der Waals surface area contributed by atoms with E-state index in [1.54, 1.807) is 6.08 Å². The van der Waals surface area contributed by atoms with Crippen molar-refractivity contribution >= 4 is 17.2 Å². The van der Waals surface area contributed by atoms with Crippen LogP contribution in [0.2, 0.25) is 0 Å². The summed E-state index contributed by atoms with van der Waals surface area (Å²) in [4.78, 5) is 11.0. The molecule has 0 spiro atoms. The van der Waals surface area contributed by atoms with Gasteiger partial charge in [-0.05, 0) is 35.1 Å². The Morgan fingerprint density at radius 3 is 2.33 bits per heavy atom. The molecule has 0 aliphatic rings. The molecule has 1 aromatic carbocycles. The van der Waals surface area contributed by atoms with Gasteiger partial charge in [0.15, 0.2) is 0 Å². The van der Waals surface area contributed by atoms with Crippen LogP contribution < -0.4 is 0 Å². The lowest BCUT2D eigenvalue weighted by molar-refractivity contribution is 0.0697. The Hall–Kier alpha value is -3.39. The maximum Gasteiger partial charge on any atom is 0.338 e. The molecule has 0 amide bonds. The van der Waals surface area contributed by atoms with Crippen LogP contribution in [-0.4, -0.2) is 20.9 Å². The van der Waals surface area contributed by atoms with E-state index in [4.69, 9.17) is 5.11 Å². The summed E-state index contributed by atoms with van der Waals surface area (Å²) in [5, 5.41) is 22.6. The van der Waals surface area contributed by atoms with Crippen LogP contribution in [0.3, 0.4) is 0 Å². The fraction of sp³-hybridized carbons (Fsp3) is 0.227. The van der Waals surface area contributed by atoms with E-state index in [0.29, 0.717) is 11.3 Å². The molecule has 0 radical (unpaired) electrons. The Labute approximate surface area is 159 Å². The number of aromatic nitrogens is 2. The van der Waals surface area contributed by atoms with Crippen molar-refractivity contribution in [2.45, 2.75) is 33.1 Å². The molecule has 2 aromatic rings. The van der Waals surface area contributed by atoms with Crippen LogP contribution in [0, 0.1) is 11.3 Å². The summed E-state index contributed by atoms with van der Waals surface area (Å²) in [5.74, 6) is -1.06. The van der Waals surface area contributed by atoms with Gasteiger partial charge >= 0.3 is 5.97 Å². The van der Waals surface area contributed by atoms with Gasteiger partial charge in [-0.25, -0.2) is 9.48 Å². The van der Waals surface area contributed by atoms with Gasteiger partial charge in [0.25, 0.3) is 0 Å². The molecule has 0 saturated heterocycles. The minimum Gasteiger partial charge on any atom is -0.478 e. The van der Waals surface area contributed by atoms with E-state index in [-0.39, 0.29) is 11.0 Å². The number of nitrogens with zero attached hydrogens (tertiary/aromatic N) is 3. The molecule has 0 unspecified atom stereocenters. The van der Waals surface area contributed by atoms with Crippen molar-refractivity contribution < 1.29 is 9.90 Å². The number of carboxylic acids is 1. The fourth-order valence-corrected chi connectivity index (χ4v) is 2.62. The molecule has 0 saturated carbocycles. The predicted octanol–water partition coefficient (Wildman–Crippen LogP) is 4.90. The van der Waals surface area contributed by atoms with Gasteiger partial charge < -0.3 is 5.11 Å². The molecule has 5 heteroatoms. The molecular formula is C22H23N3O2. The number of hydrogen-bond acceptors (Lipinski definition) is 3. The maximum atomic E-state index is 11.0. The monoisotopic (exact) mass is 361 g/mol. The summed E-state index contributed by atoms with van der Waals surface area (Å²) in [6, 6.07) is 10.3. The number of carboxylic acid groups (broad SMARTS) is 1. The molecule has 1 aromatic heterocycles. The van der Waals surface area contributed by atoms with Crippen LogP contribution >= 0.6 is 0 Å². The molecular weight excluding hydrogens is 338 g/mol. The molecule has 2 rings (SSSR count). The van der Waals surface area contributed by atoms with Crippen molar-refractivity contribution in [3.8, 4) is 6.07 Å². The zero-order valence-corrected chi connectivity index (χ0v) is 16.0. The number of hydrogen-bond donors (Lipinski definition) is 1. The quantitative estimate of drug-likeness (QED) is 0.606. The molecule has 0 atom stereocenters. The van der Waals surface area contributed by atoms with Crippen LogP contribution in [0.1, 0.15) is 49.2 Å². The average Bonchev–Trinajstić information content (AvgIpc) is 3.11. The summed E-state index contributed by atoms with van der Waals surface area (Å²) >= 11 is 0. The van der Waals surface area contributed by atoms with Crippen molar-refractivity contribution in [3.63, 3.8) is 0 Å². The third-order valence-electron chi connectivity index (χ3n) is 4.20. The highest BCUT2D eigenvalue weighted by Crippen LogP contribution is 2.28. The molecule has 0 aliphatic heterocycles. The second kappa shape index (κ2) is 7.88. The second-order valence-corrected chi connectivity index (χ2v) is 7.17. The normalized spacial score (nSPS) is 12.6. The molecule has 27 heavy (non-hydrogen) atoms. The van der Waals surface area contributed by atoms with Crippen molar-refractivity contribution in [2.24, 2.45) is 0 Å². The molecule has 0 bridgehead atoms. The predicted molar refractivity (Wildman–Crippen MR) is 107 cm³/mol. The van der Waals surface area contributed by atoms with Gasteiger partial charge in [0, 0.05) is 6.20 Å². The summed E-state index contributed by atoms with van der Waals surface area (Å²) in [5.41, 5.74) is 3.88. The van der Waals surface area contributed by atoms with Gasteiger partial charge in [0.05, 0.1) is 29.1 Å². The Balaban J connectivity index is 2.35. The van der Waals surface area contributed by atoms with E-state index in [1.165, 1.54) is 22.6 Å². The lowest BCUT2D eigenvalue weighted by Gasteiger charge is -2.19. The zero-order valence-electron chi connectivity index (χ0n) is 16.0. The van der Waals surface area contributed by atoms with Crippen LogP contribution in [0.15, 0.2) is 61.0 Å². The Morgan fingerprint density at radius 2 is 1.89 bits per heavy atom. The lowest BCUT2D eigenvalue weighted by atomic mass is 9.85. The summed E-state index contributed by atoms with van der Waals surface area (Å²) in [6.45, 7) is 12.2. The third kappa shape index (κ3) is 4.62. The minimum atomic E-state index is -1.06. The highest BCUT2D eigenvalue weighted by molar-refractivity contribution is 5.88. The van der Waals surface area contributed by atoms with E-state index >= 15 is 0 Å². The smallest absolute Gasteiger partial charge is 0.338 e. The number of carbonyl (C=O) groups is 1. The van der Waals surface area contributed by atoms with Crippen LogP contribution in [0.4, 0.5) is 0 Å². The Morgan fingerprint density at radius 1 is 1.26 bits per heavy atom. The van der Waals surface area contributed by atoms with Gasteiger partial charge in [-0.2, -0.15) is 10.4 Å². The minimum absolute atomic E-state index is 0.0543. The standard InChI is InChI=1S/C22H23N3O2/c1-6-20(16-7-9-19(10-8-16)22(3,4)5)17(12-23)11-15(2)25-14-18(13-24-25)21(26)27/h6-11,13-14H,2H2,1,3-5H3,(H,26,27)/b17-11-,20-6-. The fourth-order valence-electron chi connectivity index (χ4n) is 2.62. The van der Waals surface area contributed by atoms with E-state index in [1.807, 2.05) is 25.1 Å². The van der Waals surface area contributed by atoms with Crippen LogP contribution in [0.25, 0.3) is 11.3 Å². The number of aromatic carboxylic acids is 1. The van der Waals surface area contributed by atoms with E-state index in [2.05, 4.69) is 50.7 Å². The second-order valence-electron chi connectivity index (χ2n) is 7.17. The van der Waals surface area contributed by atoms with E-state index < -0.39 is 5.97 Å². The topological polar surface area (TPSA) is 78.9 Å². The summed E-state index contributed by atoms with van der Waals surface area (Å²) < 4.78 is 1.34. The third-order valence-corrected chi connectivity index (χ3v) is 4.20. The lowest BCUT2D eigenvalue weighted by Crippen LogP contribution is -2.10. The van der Waals surface area contributed by atoms with Gasteiger partial charge in [-0.15, -0.1) is 0 Å². The Bertz CT molecular complexity index is 962. The molecule has 138 valence electrons. The largest absolute Gasteiger partial charge is 0.478 e. The van der Waals surface area contributed by atoms with Crippen LogP contribution in [-0.2, 0) is 5.41 Å². The van der Waals surface area contributed by atoms with Gasteiger partial charge in [-0.1, -0.05) is 57.7 Å². The Kier molecular flexibility index (Phi) is 5.81. The maximum absolute atomic E-state index is 11.0. The van der Waals surface area contributed by atoms with Gasteiger partial charge in [0.2, 0.25) is 0 Å². The van der Waals surface area contributed by atoms with Gasteiger partial charge in [0.1, 0.15) is 0 Å². The number of benzene rings is 1. The van der Waals surface area contributed by atoms with Crippen molar-refractivity contribution in [1.29, 1.82) is 5.26 Å². The zero-order chi connectivity index (χ0) is 20.2. The van der Waals surface area contributed by atoms with Gasteiger partial charge in [-0.3, -0.25) is 0 Å². The summed E-state index contributed by atoms with van der Waals surface area (Å²) in [6.07, 6.45) is 6.09. The summed E-state index contributed by atoms with van der Waals surface area (Å²) in [7, 11) is 0. The molecule has 1 N–H and O–H groups in total. The molecule has 1 heterocycles. The first-order valence-electron chi connectivity index (χ1n) is 8.54. The van der Waals surface area contributed by atoms with Crippen molar-refractivity contribution in [1.82, 2.24) is 9.78 Å². The van der Waals surface area contributed by atoms with Crippen molar-refractivity contribution in [2.75, 3.05) is 0 Å². The van der Waals surface area contributed by atoms with E-state index in [9.17, 15) is 10.1 Å². The highest BCUT2D eigenvalue weighted by Gasteiger charge is 2.15. The van der Waals surface area contributed by atoms with Crippen molar-refractivity contribution in [3.05, 3.63) is 77.7 Å². The first kappa shape index (κ1) is 19.9. The van der Waals surface area contributed by atoms with Crippen LogP contribution in [0.5, 0.6) is 0 Å².